The van der Waals surface area contributed by atoms with E-state index in [1.807, 2.05) is 12.1 Å². The number of anilines is 2. The molecule has 0 unspecified atom stereocenters. The number of nitrogens with one attached hydrogen (secondary N) is 1. The summed E-state index contributed by atoms with van der Waals surface area (Å²) < 4.78 is 16.6. The fourth-order valence-corrected chi connectivity index (χ4v) is 5.62. The van der Waals surface area contributed by atoms with Crippen molar-refractivity contribution in [3.05, 3.63) is 52.4 Å². The molecule has 0 amide bonds. The van der Waals surface area contributed by atoms with E-state index in [4.69, 9.17) is 24.2 Å². The number of hydrogen-bond donors (Lipinski definition) is 1. The zero-order chi connectivity index (χ0) is 22.9. The van der Waals surface area contributed by atoms with Gasteiger partial charge in [0.15, 0.2) is 17.3 Å². The topological polar surface area (TPSA) is 65.5 Å². The number of thiophene rings is 1. The van der Waals surface area contributed by atoms with E-state index in [1.54, 1.807) is 32.7 Å². The van der Waals surface area contributed by atoms with Gasteiger partial charge in [-0.1, -0.05) is 17.7 Å². The van der Waals surface area contributed by atoms with Crippen LogP contribution in [-0.2, 0) is 12.8 Å². The number of nitrogens with zero attached hydrogens (tertiary/aromatic N) is 2. The third-order valence-electron chi connectivity index (χ3n) is 6.05. The van der Waals surface area contributed by atoms with Crippen LogP contribution < -0.4 is 19.5 Å². The molecule has 0 saturated carbocycles. The predicted molar refractivity (Wildman–Crippen MR) is 134 cm³/mol. The first kappa shape index (κ1) is 21.5. The molecular formula is C26H27N3O3S. The van der Waals surface area contributed by atoms with Crippen molar-refractivity contribution in [1.82, 2.24) is 9.97 Å². The van der Waals surface area contributed by atoms with Gasteiger partial charge in [0.05, 0.1) is 26.7 Å². The Hall–Kier alpha value is -3.32. The highest BCUT2D eigenvalue weighted by atomic mass is 32.1. The number of benzene rings is 2. The van der Waals surface area contributed by atoms with Gasteiger partial charge in [-0.3, -0.25) is 0 Å². The van der Waals surface area contributed by atoms with Crippen molar-refractivity contribution in [3.63, 3.8) is 0 Å². The third-order valence-corrected chi connectivity index (χ3v) is 7.24. The summed E-state index contributed by atoms with van der Waals surface area (Å²) in [4.78, 5) is 12.4. The molecule has 0 fully saturated rings. The van der Waals surface area contributed by atoms with E-state index in [9.17, 15) is 0 Å². The van der Waals surface area contributed by atoms with Crippen molar-refractivity contribution in [2.24, 2.45) is 0 Å². The molecule has 0 saturated heterocycles. The molecule has 0 spiro atoms. The zero-order valence-electron chi connectivity index (χ0n) is 19.3. The molecule has 4 aromatic rings. The highest BCUT2D eigenvalue weighted by molar-refractivity contribution is 7.19. The summed E-state index contributed by atoms with van der Waals surface area (Å²) in [6.45, 7) is 2.09. The molecule has 1 N–H and O–H groups in total. The average molecular weight is 462 g/mol. The quantitative estimate of drug-likeness (QED) is 0.363. The molecule has 0 atom stereocenters. The maximum atomic E-state index is 5.56. The lowest BCUT2D eigenvalue weighted by Gasteiger charge is -2.15. The number of aromatic nitrogens is 2. The Morgan fingerprint density at radius 1 is 0.879 bits per heavy atom. The van der Waals surface area contributed by atoms with E-state index in [2.05, 4.69) is 36.5 Å². The fraction of sp³-hybridized carbons (Fsp3) is 0.308. The van der Waals surface area contributed by atoms with E-state index in [1.165, 1.54) is 28.8 Å². The first-order chi connectivity index (χ1) is 16.1. The van der Waals surface area contributed by atoms with Gasteiger partial charge in [-0.25, -0.2) is 9.97 Å². The van der Waals surface area contributed by atoms with E-state index >= 15 is 0 Å². The number of fused-ring (bicyclic) bond motifs is 3. The Morgan fingerprint density at radius 2 is 1.58 bits per heavy atom. The molecule has 6 nitrogen and oxygen atoms in total. The Morgan fingerprint density at radius 3 is 2.24 bits per heavy atom. The van der Waals surface area contributed by atoms with Crippen LogP contribution in [0.4, 0.5) is 11.5 Å². The lowest BCUT2D eigenvalue weighted by molar-refractivity contribution is 0.324. The summed E-state index contributed by atoms with van der Waals surface area (Å²) in [7, 11) is 4.83. The largest absolute Gasteiger partial charge is 0.493 e. The average Bonchev–Trinajstić information content (AvgIpc) is 3.23. The van der Waals surface area contributed by atoms with Gasteiger partial charge in [0, 0.05) is 16.1 Å². The minimum Gasteiger partial charge on any atom is -0.493 e. The monoisotopic (exact) mass is 461 g/mol. The second-order valence-electron chi connectivity index (χ2n) is 8.19. The van der Waals surface area contributed by atoms with Crippen LogP contribution in [0.1, 0.15) is 28.8 Å². The van der Waals surface area contributed by atoms with E-state index < -0.39 is 0 Å². The van der Waals surface area contributed by atoms with Gasteiger partial charge < -0.3 is 19.5 Å². The first-order valence-electron chi connectivity index (χ1n) is 11.1. The van der Waals surface area contributed by atoms with Crippen LogP contribution in [0.15, 0.2) is 36.4 Å². The molecule has 5 rings (SSSR count). The van der Waals surface area contributed by atoms with Gasteiger partial charge in [0.25, 0.3) is 0 Å². The Balaban J connectivity index is 1.70. The summed E-state index contributed by atoms with van der Waals surface area (Å²) >= 11 is 1.78. The number of hydrogen-bond acceptors (Lipinski definition) is 7. The molecule has 2 aromatic heterocycles. The van der Waals surface area contributed by atoms with Crippen molar-refractivity contribution < 1.29 is 14.2 Å². The summed E-state index contributed by atoms with van der Waals surface area (Å²) in [5.74, 6) is 3.17. The maximum Gasteiger partial charge on any atom is 0.203 e. The molecule has 7 heteroatoms. The van der Waals surface area contributed by atoms with Crippen LogP contribution in [0, 0.1) is 6.92 Å². The van der Waals surface area contributed by atoms with E-state index in [-0.39, 0.29) is 0 Å². The maximum absolute atomic E-state index is 5.56. The SMILES string of the molecule is COc1cc(-c2nc(Nc3ccc(C)cc3)c3c4c(sc3n2)CCCC4)cc(OC)c1OC. The highest BCUT2D eigenvalue weighted by Crippen LogP contribution is 2.43. The van der Waals surface area contributed by atoms with Gasteiger partial charge >= 0.3 is 0 Å². The van der Waals surface area contributed by atoms with Gasteiger partial charge in [-0.05, 0) is 62.4 Å². The molecule has 170 valence electrons. The van der Waals surface area contributed by atoms with Crippen LogP contribution in [0.3, 0.4) is 0 Å². The summed E-state index contributed by atoms with van der Waals surface area (Å²) in [6.07, 6.45) is 4.62. The summed E-state index contributed by atoms with van der Waals surface area (Å²) in [5.41, 5.74) is 4.43. The summed E-state index contributed by atoms with van der Waals surface area (Å²) in [5, 5.41) is 4.71. The lowest BCUT2D eigenvalue weighted by atomic mass is 9.97. The van der Waals surface area contributed by atoms with Crippen LogP contribution >= 0.6 is 11.3 Å². The number of aryl methyl sites for hydroxylation is 3. The zero-order valence-corrected chi connectivity index (χ0v) is 20.1. The Kier molecular flexibility index (Phi) is 5.81. The van der Waals surface area contributed by atoms with Gasteiger partial charge in [-0.2, -0.15) is 0 Å². The second kappa shape index (κ2) is 8.90. The van der Waals surface area contributed by atoms with Crippen LogP contribution in [0.5, 0.6) is 17.2 Å². The van der Waals surface area contributed by atoms with Crippen LogP contribution in [-0.4, -0.2) is 31.3 Å². The molecule has 1 aliphatic carbocycles. The van der Waals surface area contributed by atoms with Crippen LogP contribution in [0.25, 0.3) is 21.6 Å². The van der Waals surface area contributed by atoms with Crippen molar-refractivity contribution in [2.75, 3.05) is 26.6 Å². The van der Waals surface area contributed by atoms with Crippen molar-refractivity contribution in [2.45, 2.75) is 32.6 Å². The van der Waals surface area contributed by atoms with Gasteiger partial charge in [0.2, 0.25) is 5.75 Å². The Bertz CT molecular complexity index is 1290. The number of methoxy groups -OCH3 is 3. The lowest BCUT2D eigenvalue weighted by Crippen LogP contribution is -2.03. The van der Waals surface area contributed by atoms with Crippen LogP contribution in [0.2, 0.25) is 0 Å². The first-order valence-corrected chi connectivity index (χ1v) is 11.9. The molecule has 0 aliphatic heterocycles. The van der Waals surface area contributed by atoms with Crippen molar-refractivity contribution >= 4 is 33.1 Å². The minimum atomic E-state index is 0.550. The minimum absolute atomic E-state index is 0.550. The molecule has 0 bridgehead atoms. The number of ether oxygens (including phenoxy) is 3. The molecule has 0 radical (unpaired) electrons. The van der Waals surface area contributed by atoms with Gasteiger partial charge in [-0.15, -0.1) is 11.3 Å². The number of rotatable bonds is 6. The summed E-state index contributed by atoms with van der Waals surface area (Å²) in [6, 6.07) is 12.2. The standard InChI is InChI=1S/C26H27N3O3S/c1-15-9-11-17(12-10-15)27-25-22-18-7-5-6-8-21(18)33-26(22)29-24(28-25)16-13-19(30-2)23(32-4)20(14-16)31-3/h9-14H,5-8H2,1-4H3,(H,27,28,29). The van der Waals surface area contributed by atoms with E-state index in [0.29, 0.717) is 23.1 Å². The molecule has 2 heterocycles. The second-order valence-corrected chi connectivity index (χ2v) is 9.28. The van der Waals surface area contributed by atoms with Gasteiger partial charge in [0.1, 0.15) is 10.6 Å². The fourth-order valence-electron chi connectivity index (χ4n) is 4.36. The highest BCUT2D eigenvalue weighted by Gasteiger charge is 2.23. The molecule has 2 aromatic carbocycles. The molecule has 33 heavy (non-hydrogen) atoms. The molecular weight excluding hydrogens is 434 g/mol. The Labute approximate surface area is 197 Å². The predicted octanol–water partition coefficient (Wildman–Crippen LogP) is 6.31. The van der Waals surface area contributed by atoms with E-state index in [0.717, 1.165) is 40.1 Å². The van der Waals surface area contributed by atoms with Crippen molar-refractivity contribution in [3.8, 4) is 28.6 Å². The third kappa shape index (κ3) is 3.97. The molecule has 1 aliphatic rings. The van der Waals surface area contributed by atoms with Crippen molar-refractivity contribution in [1.29, 1.82) is 0 Å². The normalized spacial score (nSPS) is 13.0. The smallest absolute Gasteiger partial charge is 0.203 e.